The van der Waals surface area contributed by atoms with Gasteiger partial charge >= 0.3 is 0 Å². The molecule has 1 N–H and O–H groups in total. The summed E-state index contributed by atoms with van der Waals surface area (Å²) in [6.45, 7) is 1.09. The fourth-order valence-corrected chi connectivity index (χ4v) is 4.43. The maximum Gasteiger partial charge on any atom is 0.245 e. The Morgan fingerprint density at radius 2 is 2.04 bits per heavy atom. The first-order valence-corrected chi connectivity index (χ1v) is 9.89. The van der Waals surface area contributed by atoms with E-state index in [4.69, 9.17) is 11.6 Å². The van der Waals surface area contributed by atoms with Gasteiger partial charge in [0.25, 0.3) is 0 Å². The van der Waals surface area contributed by atoms with Crippen molar-refractivity contribution in [2.45, 2.75) is 17.7 Å². The van der Waals surface area contributed by atoms with Crippen LogP contribution in [0.5, 0.6) is 0 Å². The lowest BCUT2D eigenvalue weighted by molar-refractivity contribution is -0.118. The Balaban J connectivity index is 2.00. The zero-order valence-electron chi connectivity index (χ0n) is 12.3. The molecule has 2 rings (SSSR count). The van der Waals surface area contributed by atoms with E-state index >= 15 is 0 Å². The van der Waals surface area contributed by atoms with Crippen LogP contribution < -0.4 is 5.32 Å². The summed E-state index contributed by atoms with van der Waals surface area (Å²) >= 11 is 8.52. The predicted octanol–water partition coefficient (Wildman–Crippen LogP) is 2.34. The first kappa shape index (κ1) is 18.6. The molecule has 0 atom stereocenters. The van der Waals surface area contributed by atoms with Gasteiger partial charge in [-0.1, -0.05) is 15.9 Å². The van der Waals surface area contributed by atoms with Crippen LogP contribution in [0.3, 0.4) is 0 Å². The smallest absolute Gasteiger partial charge is 0.245 e. The normalized spacial score (nSPS) is 17.2. The molecule has 5 nitrogen and oxygen atoms in total. The summed E-state index contributed by atoms with van der Waals surface area (Å²) in [5, 5.41) is 2.70. The number of hydrogen-bond acceptors (Lipinski definition) is 3. The molecule has 1 saturated heterocycles. The van der Waals surface area contributed by atoms with E-state index in [1.807, 2.05) is 0 Å². The number of sulfonamides is 1. The Kier molecular flexibility index (Phi) is 6.41. The van der Waals surface area contributed by atoms with E-state index in [2.05, 4.69) is 21.2 Å². The molecule has 0 spiro atoms. The zero-order valence-corrected chi connectivity index (χ0v) is 15.4. The molecule has 1 amide bonds. The van der Waals surface area contributed by atoms with Crippen LogP contribution >= 0.6 is 27.5 Å². The van der Waals surface area contributed by atoms with Gasteiger partial charge in [-0.25, -0.2) is 12.8 Å². The van der Waals surface area contributed by atoms with Crippen molar-refractivity contribution >= 4 is 43.5 Å². The minimum absolute atomic E-state index is 0.0872. The average Bonchev–Trinajstić information content (AvgIpc) is 2.52. The molecule has 0 radical (unpaired) electrons. The molecule has 1 aliphatic heterocycles. The number of rotatable bonds is 5. The summed E-state index contributed by atoms with van der Waals surface area (Å²) in [4.78, 5) is 10.8. The zero-order chi connectivity index (χ0) is 17.0. The fraction of sp³-hybridized carbons (Fsp3) is 0.500. The van der Waals surface area contributed by atoms with E-state index in [0.29, 0.717) is 36.9 Å². The SMILES string of the molecule is O=C(CCl)NCC1CCN(S(=O)(=O)c2ccc(Br)cc2F)CC1. The number of benzene rings is 1. The third kappa shape index (κ3) is 4.65. The predicted molar refractivity (Wildman–Crippen MR) is 89.3 cm³/mol. The number of piperidine rings is 1. The van der Waals surface area contributed by atoms with Crippen LogP contribution in [0, 0.1) is 11.7 Å². The Bertz CT molecular complexity index is 679. The summed E-state index contributed by atoms with van der Waals surface area (Å²) in [6.07, 6.45) is 1.22. The van der Waals surface area contributed by atoms with Crippen LogP contribution in [0.2, 0.25) is 0 Å². The number of nitrogens with zero attached hydrogens (tertiary/aromatic N) is 1. The molecule has 0 aliphatic carbocycles. The van der Waals surface area contributed by atoms with Crippen molar-refractivity contribution in [3.8, 4) is 0 Å². The summed E-state index contributed by atoms with van der Waals surface area (Å²) in [5.41, 5.74) is 0. The average molecular weight is 428 g/mol. The molecule has 1 aromatic carbocycles. The molecule has 128 valence electrons. The number of carbonyl (C=O) groups is 1. The number of alkyl halides is 1. The first-order chi connectivity index (χ1) is 10.8. The van der Waals surface area contributed by atoms with E-state index in [9.17, 15) is 17.6 Å². The van der Waals surface area contributed by atoms with Gasteiger partial charge in [-0.15, -0.1) is 11.6 Å². The highest BCUT2D eigenvalue weighted by Crippen LogP contribution is 2.26. The summed E-state index contributed by atoms with van der Waals surface area (Å²) in [5.74, 6) is -0.895. The van der Waals surface area contributed by atoms with E-state index in [0.717, 1.165) is 6.07 Å². The van der Waals surface area contributed by atoms with Gasteiger partial charge in [0.15, 0.2) is 0 Å². The Morgan fingerprint density at radius 1 is 1.39 bits per heavy atom. The lowest BCUT2D eigenvalue weighted by Gasteiger charge is -2.31. The van der Waals surface area contributed by atoms with Gasteiger partial charge in [0.1, 0.15) is 16.6 Å². The van der Waals surface area contributed by atoms with Gasteiger partial charge in [-0.3, -0.25) is 4.79 Å². The topological polar surface area (TPSA) is 66.5 Å². The third-order valence-electron chi connectivity index (χ3n) is 3.79. The van der Waals surface area contributed by atoms with Gasteiger partial charge in [-0.2, -0.15) is 4.31 Å². The highest BCUT2D eigenvalue weighted by atomic mass is 79.9. The fourth-order valence-electron chi connectivity index (χ4n) is 2.48. The van der Waals surface area contributed by atoms with E-state index in [1.54, 1.807) is 0 Å². The minimum atomic E-state index is -3.84. The number of amides is 1. The number of nitrogens with one attached hydrogen (secondary N) is 1. The molecule has 1 fully saturated rings. The second-order valence-corrected chi connectivity index (χ2v) is 8.45. The van der Waals surface area contributed by atoms with Crippen LogP contribution in [-0.4, -0.2) is 44.1 Å². The van der Waals surface area contributed by atoms with Gasteiger partial charge in [0.2, 0.25) is 15.9 Å². The van der Waals surface area contributed by atoms with Crippen LogP contribution in [0.25, 0.3) is 0 Å². The molecule has 1 heterocycles. The minimum Gasteiger partial charge on any atom is -0.355 e. The van der Waals surface area contributed by atoms with E-state index < -0.39 is 15.8 Å². The van der Waals surface area contributed by atoms with Crippen molar-refractivity contribution in [1.29, 1.82) is 0 Å². The van der Waals surface area contributed by atoms with Crippen molar-refractivity contribution in [3.63, 3.8) is 0 Å². The van der Waals surface area contributed by atoms with E-state index in [-0.39, 0.29) is 22.6 Å². The van der Waals surface area contributed by atoms with Crippen molar-refractivity contribution in [2.75, 3.05) is 25.5 Å². The van der Waals surface area contributed by atoms with Gasteiger partial charge in [0.05, 0.1) is 0 Å². The van der Waals surface area contributed by atoms with Gasteiger partial charge in [-0.05, 0) is 37.0 Å². The second-order valence-electron chi connectivity index (χ2n) is 5.36. The molecule has 1 aliphatic rings. The first-order valence-electron chi connectivity index (χ1n) is 7.12. The van der Waals surface area contributed by atoms with Crippen molar-refractivity contribution in [1.82, 2.24) is 9.62 Å². The maximum atomic E-state index is 13.9. The standard InChI is InChI=1S/C14H17BrClFN2O3S/c15-11-1-2-13(12(17)7-11)23(21,22)19-5-3-10(4-6-19)9-18-14(20)8-16/h1-2,7,10H,3-6,8-9H2,(H,18,20). The highest BCUT2D eigenvalue weighted by molar-refractivity contribution is 9.10. The second kappa shape index (κ2) is 7.92. The Hall–Kier alpha value is -0.700. The molecule has 9 heteroatoms. The summed E-state index contributed by atoms with van der Waals surface area (Å²) in [7, 11) is -3.84. The quantitative estimate of drug-likeness (QED) is 0.734. The molecule has 0 unspecified atom stereocenters. The van der Waals surface area contributed by atoms with Crippen LogP contribution in [0.1, 0.15) is 12.8 Å². The van der Waals surface area contributed by atoms with Crippen molar-refractivity contribution in [3.05, 3.63) is 28.5 Å². The molecular formula is C14H17BrClFN2O3S. The lowest BCUT2D eigenvalue weighted by atomic mass is 9.98. The maximum absolute atomic E-state index is 13.9. The molecule has 0 bridgehead atoms. The molecule has 23 heavy (non-hydrogen) atoms. The van der Waals surface area contributed by atoms with Crippen LogP contribution in [-0.2, 0) is 14.8 Å². The summed E-state index contributed by atoms with van der Waals surface area (Å²) < 4.78 is 40.8. The van der Waals surface area contributed by atoms with Crippen molar-refractivity contribution in [2.24, 2.45) is 5.92 Å². The van der Waals surface area contributed by atoms with Crippen LogP contribution in [0.15, 0.2) is 27.6 Å². The number of hydrogen-bond donors (Lipinski definition) is 1. The van der Waals surface area contributed by atoms with Gasteiger partial charge < -0.3 is 5.32 Å². The number of halogens is 3. The summed E-state index contributed by atoms with van der Waals surface area (Å²) in [6, 6.07) is 3.91. The van der Waals surface area contributed by atoms with Crippen molar-refractivity contribution < 1.29 is 17.6 Å². The lowest BCUT2D eigenvalue weighted by Crippen LogP contribution is -2.41. The van der Waals surface area contributed by atoms with E-state index in [1.165, 1.54) is 16.4 Å². The Labute approximate surface area is 148 Å². The third-order valence-corrected chi connectivity index (χ3v) is 6.46. The molecular weight excluding hydrogens is 411 g/mol. The molecule has 0 saturated carbocycles. The highest BCUT2D eigenvalue weighted by Gasteiger charge is 2.31. The number of carbonyl (C=O) groups excluding carboxylic acids is 1. The molecule has 0 aromatic heterocycles. The Morgan fingerprint density at radius 3 is 2.61 bits per heavy atom. The van der Waals surface area contributed by atoms with Crippen LogP contribution in [0.4, 0.5) is 4.39 Å². The molecule has 1 aromatic rings. The van der Waals surface area contributed by atoms with Gasteiger partial charge in [0, 0.05) is 24.1 Å². The monoisotopic (exact) mass is 426 g/mol. The largest absolute Gasteiger partial charge is 0.355 e.